The fourth-order valence-electron chi connectivity index (χ4n) is 4.54. The molecule has 0 fully saturated rings. The highest BCUT2D eigenvalue weighted by Gasteiger charge is 2.28. The van der Waals surface area contributed by atoms with Crippen LogP contribution in [0, 0.1) is 0 Å². The Balaban J connectivity index is 0.00000341. The first kappa shape index (κ1) is 25.6. The van der Waals surface area contributed by atoms with Gasteiger partial charge in [-0.05, 0) is 12.8 Å². The van der Waals surface area contributed by atoms with Crippen molar-refractivity contribution < 1.29 is 28.5 Å². The summed E-state index contributed by atoms with van der Waals surface area (Å²) in [6, 6.07) is 33.2. The van der Waals surface area contributed by atoms with E-state index in [0.717, 1.165) is 24.1 Å². The van der Waals surface area contributed by atoms with Crippen molar-refractivity contribution in [2.75, 3.05) is 6.54 Å². The molecule has 31 heavy (non-hydrogen) atoms. The molecule has 0 saturated carbocycles. The van der Waals surface area contributed by atoms with Crippen LogP contribution in [0.5, 0.6) is 0 Å². The van der Waals surface area contributed by atoms with E-state index in [-0.39, 0.29) is 24.0 Å². The second-order valence-electron chi connectivity index (χ2n) is 8.76. The normalized spacial score (nSPS) is 11.1. The molecule has 0 spiro atoms. The lowest BCUT2D eigenvalue weighted by atomic mass is 10.0. The molecular weight excluding hydrogens is 489 g/mol. The van der Waals surface area contributed by atoms with E-state index in [2.05, 4.69) is 97.9 Å². The second kappa shape index (κ2) is 14.4. The van der Waals surface area contributed by atoms with Crippen LogP contribution in [0.25, 0.3) is 0 Å². The molecule has 0 aromatic heterocycles. The van der Waals surface area contributed by atoms with Crippen LogP contribution >= 0.6 is 0 Å². The number of halogens is 1. The van der Waals surface area contributed by atoms with E-state index in [1.165, 1.54) is 61.8 Å². The maximum absolute atomic E-state index is 2.30. The molecule has 0 aliphatic heterocycles. The molecular formula is C29H38IN. The lowest BCUT2D eigenvalue weighted by Gasteiger charge is -2.39. The summed E-state index contributed by atoms with van der Waals surface area (Å²) in [6.07, 6.45) is 8.09. The standard InChI is InChI=1S/C29H38N.HI/c1-2-3-4-5-6-16-23-30(24-27-17-10-7-11-18-27,25-28-19-12-8-13-20-28)26-29-21-14-9-15-22-29;/h7-15,17-22H,2-6,16,23-26H2,1H3;1H/q+1;/p-1. The fourth-order valence-corrected chi connectivity index (χ4v) is 4.54. The number of rotatable bonds is 13. The first-order valence-electron chi connectivity index (χ1n) is 11.8. The quantitative estimate of drug-likeness (QED) is 0.171. The lowest BCUT2D eigenvalue weighted by molar-refractivity contribution is -0.966. The number of unbranched alkanes of at least 4 members (excludes halogenated alkanes) is 5. The van der Waals surface area contributed by atoms with Crippen molar-refractivity contribution >= 4 is 0 Å². The molecule has 0 bridgehead atoms. The van der Waals surface area contributed by atoms with E-state index in [1.807, 2.05) is 0 Å². The number of hydrogen-bond acceptors (Lipinski definition) is 0. The van der Waals surface area contributed by atoms with Gasteiger partial charge in [0.1, 0.15) is 19.6 Å². The van der Waals surface area contributed by atoms with Gasteiger partial charge in [0.2, 0.25) is 0 Å². The van der Waals surface area contributed by atoms with Crippen molar-refractivity contribution in [1.29, 1.82) is 0 Å². The molecule has 0 N–H and O–H groups in total. The van der Waals surface area contributed by atoms with E-state index < -0.39 is 0 Å². The van der Waals surface area contributed by atoms with E-state index in [4.69, 9.17) is 0 Å². The van der Waals surface area contributed by atoms with Crippen molar-refractivity contribution in [3.05, 3.63) is 108 Å². The molecule has 0 saturated heterocycles. The molecule has 0 aliphatic rings. The summed E-state index contributed by atoms with van der Waals surface area (Å²) in [5.74, 6) is 0. The molecule has 0 radical (unpaired) electrons. The minimum Gasteiger partial charge on any atom is -1.00 e. The van der Waals surface area contributed by atoms with Gasteiger partial charge in [-0.1, -0.05) is 124 Å². The topological polar surface area (TPSA) is 0 Å². The summed E-state index contributed by atoms with van der Waals surface area (Å²) < 4.78 is 1.09. The van der Waals surface area contributed by atoms with E-state index in [9.17, 15) is 0 Å². The molecule has 2 heteroatoms. The van der Waals surface area contributed by atoms with E-state index >= 15 is 0 Å². The fraction of sp³-hybridized carbons (Fsp3) is 0.379. The maximum Gasteiger partial charge on any atom is 0.105 e. The average molecular weight is 528 g/mol. The van der Waals surface area contributed by atoms with Crippen molar-refractivity contribution in [2.24, 2.45) is 0 Å². The zero-order valence-electron chi connectivity index (χ0n) is 19.1. The van der Waals surface area contributed by atoms with Crippen LogP contribution in [0.1, 0.15) is 62.1 Å². The van der Waals surface area contributed by atoms with Gasteiger partial charge in [-0.25, -0.2) is 0 Å². The minimum absolute atomic E-state index is 0. The monoisotopic (exact) mass is 527 g/mol. The van der Waals surface area contributed by atoms with Crippen LogP contribution in [0.15, 0.2) is 91.0 Å². The van der Waals surface area contributed by atoms with Crippen molar-refractivity contribution in [1.82, 2.24) is 0 Å². The summed E-state index contributed by atoms with van der Waals surface area (Å²) in [6.45, 7) is 6.77. The largest absolute Gasteiger partial charge is 1.00 e. The zero-order valence-corrected chi connectivity index (χ0v) is 21.2. The molecule has 0 unspecified atom stereocenters. The summed E-state index contributed by atoms with van der Waals surface area (Å²) >= 11 is 0. The predicted octanol–water partition coefficient (Wildman–Crippen LogP) is 4.77. The molecule has 0 aliphatic carbocycles. The van der Waals surface area contributed by atoms with E-state index in [0.29, 0.717) is 0 Å². The Morgan fingerprint density at radius 1 is 0.484 bits per heavy atom. The molecule has 166 valence electrons. The van der Waals surface area contributed by atoms with Gasteiger partial charge in [0.15, 0.2) is 0 Å². The summed E-state index contributed by atoms with van der Waals surface area (Å²) in [4.78, 5) is 0. The first-order valence-corrected chi connectivity index (χ1v) is 11.8. The Morgan fingerprint density at radius 2 is 0.839 bits per heavy atom. The molecule has 1 nitrogen and oxygen atoms in total. The molecule has 0 amide bonds. The third-order valence-corrected chi connectivity index (χ3v) is 6.07. The van der Waals surface area contributed by atoms with Gasteiger partial charge >= 0.3 is 0 Å². The zero-order chi connectivity index (χ0) is 20.9. The Bertz CT molecular complexity index is 716. The number of quaternary nitrogens is 1. The van der Waals surface area contributed by atoms with Crippen molar-refractivity contribution in [3.63, 3.8) is 0 Å². The van der Waals surface area contributed by atoms with Crippen LogP contribution in [-0.4, -0.2) is 11.0 Å². The highest BCUT2D eigenvalue weighted by molar-refractivity contribution is 5.17. The summed E-state index contributed by atoms with van der Waals surface area (Å²) in [5.41, 5.74) is 4.32. The lowest BCUT2D eigenvalue weighted by Crippen LogP contribution is -3.00. The van der Waals surface area contributed by atoms with Gasteiger partial charge in [0.05, 0.1) is 6.54 Å². The van der Waals surface area contributed by atoms with Crippen LogP contribution in [0.2, 0.25) is 0 Å². The predicted molar refractivity (Wildman–Crippen MR) is 129 cm³/mol. The molecule has 3 rings (SSSR count). The van der Waals surface area contributed by atoms with E-state index in [1.54, 1.807) is 0 Å². The molecule has 0 atom stereocenters. The number of benzene rings is 3. The number of hydrogen-bond donors (Lipinski definition) is 0. The van der Waals surface area contributed by atoms with Crippen LogP contribution in [0.3, 0.4) is 0 Å². The van der Waals surface area contributed by atoms with Gasteiger partial charge in [0.25, 0.3) is 0 Å². The summed E-state index contributed by atoms with van der Waals surface area (Å²) in [5, 5.41) is 0. The second-order valence-corrected chi connectivity index (χ2v) is 8.76. The SMILES string of the molecule is CCCCCCCC[N+](Cc1ccccc1)(Cc1ccccc1)Cc1ccccc1.[I-]. The third kappa shape index (κ3) is 9.16. The van der Waals surface area contributed by atoms with Gasteiger partial charge in [0, 0.05) is 16.7 Å². The van der Waals surface area contributed by atoms with Gasteiger partial charge in [-0.15, -0.1) is 0 Å². The Morgan fingerprint density at radius 3 is 1.23 bits per heavy atom. The van der Waals surface area contributed by atoms with Gasteiger partial charge in [-0.3, -0.25) is 0 Å². The molecule has 0 heterocycles. The minimum atomic E-state index is 0. The van der Waals surface area contributed by atoms with Crippen LogP contribution in [-0.2, 0) is 19.6 Å². The van der Waals surface area contributed by atoms with Crippen LogP contribution in [0.4, 0.5) is 0 Å². The molecule has 3 aromatic carbocycles. The highest BCUT2D eigenvalue weighted by atomic mass is 127. The van der Waals surface area contributed by atoms with Crippen molar-refractivity contribution in [3.8, 4) is 0 Å². The van der Waals surface area contributed by atoms with Gasteiger partial charge in [-0.2, -0.15) is 0 Å². The molecule has 3 aromatic rings. The Hall–Kier alpha value is -1.65. The Kier molecular flexibility index (Phi) is 11.9. The average Bonchev–Trinajstić information content (AvgIpc) is 2.78. The maximum atomic E-state index is 2.30. The highest BCUT2D eigenvalue weighted by Crippen LogP contribution is 2.25. The first-order chi connectivity index (χ1) is 14.8. The summed E-state index contributed by atoms with van der Waals surface area (Å²) in [7, 11) is 0. The number of nitrogens with zero attached hydrogens (tertiary/aromatic N) is 1. The van der Waals surface area contributed by atoms with Crippen LogP contribution < -0.4 is 24.0 Å². The smallest absolute Gasteiger partial charge is 0.105 e. The van der Waals surface area contributed by atoms with Crippen molar-refractivity contribution in [2.45, 2.75) is 65.1 Å². The Labute approximate surface area is 207 Å². The third-order valence-electron chi connectivity index (χ3n) is 6.07. The van der Waals surface area contributed by atoms with Gasteiger partial charge < -0.3 is 28.5 Å².